The lowest BCUT2D eigenvalue weighted by Crippen LogP contribution is -2.23. The molecular weight excluding hydrogens is 353 g/mol. The van der Waals surface area contributed by atoms with Crippen LogP contribution in [-0.4, -0.2) is 6.54 Å². The normalized spacial score (nSPS) is 12.4. The van der Waals surface area contributed by atoms with Crippen LogP contribution in [0, 0.1) is 12.7 Å². The van der Waals surface area contributed by atoms with E-state index in [2.05, 4.69) is 34.2 Å². The molecule has 0 aromatic heterocycles. The van der Waals surface area contributed by atoms with E-state index in [0.717, 1.165) is 32.7 Å². The number of halogens is 3. The molecule has 1 unspecified atom stereocenters. The maximum Gasteiger partial charge on any atom is 0.124 e. The first kappa shape index (κ1) is 16.5. The summed E-state index contributed by atoms with van der Waals surface area (Å²) in [4.78, 5) is 0. The fraction of sp³-hybridized carbons (Fsp3) is 0.294. The highest BCUT2D eigenvalue weighted by Crippen LogP contribution is 2.25. The van der Waals surface area contributed by atoms with Gasteiger partial charge in [0.1, 0.15) is 5.82 Å². The Kier molecular flexibility index (Phi) is 5.80. The van der Waals surface area contributed by atoms with Gasteiger partial charge in [-0.25, -0.2) is 4.39 Å². The molecule has 0 heterocycles. The van der Waals surface area contributed by atoms with Gasteiger partial charge >= 0.3 is 0 Å². The zero-order valence-electron chi connectivity index (χ0n) is 12.1. The largest absolute Gasteiger partial charge is 0.310 e. The van der Waals surface area contributed by atoms with Crippen molar-refractivity contribution >= 4 is 27.5 Å². The molecule has 2 rings (SSSR count). The van der Waals surface area contributed by atoms with E-state index in [1.165, 1.54) is 6.07 Å². The minimum atomic E-state index is -0.225. The number of hydrogen-bond acceptors (Lipinski definition) is 1. The predicted molar refractivity (Wildman–Crippen MR) is 90.4 cm³/mol. The average molecular weight is 371 g/mol. The lowest BCUT2D eigenvalue weighted by molar-refractivity contribution is 0.546. The molecule has 0 saturated carbocycles. The summed E-state index contributed by atoms with van der Waals surface area (Å²) in [6, 6.07) is 11.2. The molecule has 112 valence electrons. The van der Waals surface area contributed by atoms with Crippen molar-refractivity contribution in [2.75, 3.05) is 6.54 Å². The van der Waals surface area contributed by atoms with Crippen molar-refractivity contribution in [3.05, 3.63) is 68.4 Å². The monoisotopic (exact) mass is 369 g/mol. The van der Waals surface area contributed by atoms with Crippen molar-refractivity contribution in [1.29, 1.82) is 0 Å². The molecule has 0 aliphatic heterocycles. The standard InChI is InChI=1S/C17H18BrClFN/c1-3-21-17(13-5-4-11(2)16(19)9-13)8-12-6-14(18)10-15(20)7-12/h4-7,9-10,17,21H,3,8H2,1-2H3. The SMILES string of the molecule is CCNC(Cc1cc(F)cc(Br)c1)c1ccc(C)c(Cl)c1. The van der Waals surface area contributed by atoms with Gasteiger partial charge in [0, 0.05) is 15.5 Å². The fourth-order valence-corrected chi connectivity index (χ4v) is 3.05. The van der Waals surface area contributed by atoms with E-state index >= 15 is 0 Å². The lowest BCUT2D eigenvalue weighted by atomic mass is 9.98. The first-order valence-electron chi connectivity index (χ1n) is 6.94. The molecular formula is C17H18BrClFN. The van der Waals surface area contributed by atoms with E-state index < -0.39 is 0 Å². The van der Waals surface area contributed by atoms with Crippen LogP contribution < -0.4 is 5.32 Å². The topological polar surface area (TPSA) is 12.0 Å². The van der Waals surface area contributed by atoms with Crippen LogP contribution in [0.15, 0.2) is 40.9 Å². The Hall–Kier alpha value is -0.900. The van der Waals surface area contributed by atoms with Crippen LogP contribution in [0.2, 0.25) is 5.02 Å². The molecule has 4 heteroatoms. The second kappa shape index (κ2) is 7.39. The Morgan fingerprint density at radius 1 is 1.24 bits per heavy atom. The van der Waals surface area contributed by atoms with E-state index in [-0.39, 0.29) is 11.9 Å². The number of benzene rings is 2. The van der Waals surface area contributed by atoms with Gasteiger partial charge in [-0.05, 0) is 60.8 Å². The molecule has 1 N–H and O–H groups in total. The Morgan fingerprint density at radius 3 is 2.62 bits per heavy atom. The van der Waals surface area contributed by atoms with Crippen molar-refractivity contribution in [2.24, 2.45) is 0 Å². The minimum absolute atomic E-state index is 0.113. The third-order valence-electron chi connectivity index (χ3n) is 3.41. The summed E-state index contributed by atoms with van der Waals surface area (Å²) in [7, 11) is 0. The van der Waals surface area contributed by atoms with E-state index in [0.29, 0.717) is 6.42 Å². The first-order chi connectivity index (χ1) is 9.99. The highest BCUT2D eigenvalue weighted by atomic mass is 79.9. The smallest absolute Gasteiger partial charge is 0.124 e. The number of aryl methyl sites for hydroxylation is 1. The highest BCUT2D eigenvalue weighted by molar-refractivity contribution is 9.10. The van der Waals surface area contributed by atoms with Crippen molar-refractivity contribution in [3.8, 4) is 0 Å². The molecule has 0 bridgehead atoms. The summed E-state index contributed by atoms with van der Waals surface area (Å²) in [5.74, 6) is -0.225. The molecule has 2 aromatic rings. The zero-order valence-corrected chi connectivity index (χ0v) is 14.4. The van der Waals surface area contributed by atoms with E-state index in [1.54, 1.807) is 6.07 Å². The minimum Gasteiger partial charge on any atom is -0.310 e. The summed E-state index contributed by atoms with van der Waals surface area (Å²) in [5.41, 5.74) is 3.13. The van der Waals surface area contributed by atoms with Crippen LogP contribution in [0.1, 0.15) is 29.7 Å². The average Bonchev–Trinajstić information content (AvgIpc) is 2.40. The highest BCUT2D eigenvalue weighted by Gasteiger charge is 2.13. The molecule has 0 radical (unpaired) electrons. The Morgan fingerprint density at radius 2 is 2.00 bits per heavy atom. The second-order valence-electron chi connectivity index (χ2n) is 5.10. The molecule has 0 aliphatic rings. The summed E-state index contributed by atoms with van der Waals surface area (Å²) >= 11 is 9.55. The van der Waals surface area contributed by atoms with Crippen LogP contribution >= 0.6 is 27.5 Å². The number of hydrogen-bond donors (Lipinski definition) is 1. The maximum absolute atomic E-state index is 13.5. The quantitative estimate of drug-likeness (QED) is 0.738. The van der Waals surface area contributed by atoms with Crippen LogP contribution in [0.5, 0.6) is 0 Å². The van der Waals surface area contributed by atoms with Gasteiger partial charge in [0.05, 0.1) is 0 Å². The molecule has 0 aliphatic carbocycles. The fourth-order valence-electron chi connectivity index (χ4n) is 2.34. The summed E-state index contributed by atoms with van der Waals surface area (Å²) < 4.78 is 14.3. The molecule has 2 aromatic carbocycles. The maximum atomic E-state index is 13.5. The predicted octanol–water partition coefficient (Wildman–Crippen LogP) is 5.44. The Balaban J connectivity index is 2.27. The third-order valence-corrected chi connectivity index (χ3v) is 4.28. The molecule has 0 spiro atoms. The number of nitrogens with one attached hydrogen (secondary N) is 1. The van der Waals surface area contributed by atoms with Gasteiger partial charge in [0.25, 0.3) is 0 Å². The molecule has 1 nitrogen and oxygen atoms in total. The number of likely N-dealkylation sites (N-methyl/N-ethyl adjacent to an activating group) is 1. The van der Waals surface area contributed by atoms with Gasteiger partial charge in [-0.2, -0.15) is 0 Å². The Labute approximate surface area is 138 Å². The van der Waals surface area contributed by atoms with Crippen LogP contribution in [0.4, 0.5) is 4.39 Å². The van der Waals surface area contributed by atoms with Crippen LogP contribution in [0.3, 0.4) is 0 Å². The molecule has 0 amide bonds. The first-order valence-corrected chi connectivity index (χ1v) is 8.11. The van der Waals surface area contributed by atoms with Gasteiger partial charge in [0.2, 0.25) is 0 Å². The summed E-state index contributed by atoms with van der Waals surface area (Å²) in [5, 5.41) is 4.20. The third kappa shape index (κ3) is 4.53. The molecule has 21 heavy (non-hydrogen) atoms. The van der Waals surface area contributed by atoms with Crippen LogP contribution in [-0.2, 0) is 6.42 Å². The van der Waals surface area contributed by atoms with Crippen molar-refractivity contribution in [2.45, 2.75) is 26.3 Å². The van der Waals surface area contributed by atoms with Gasteiger partial charge in [-0.1, -0.05) is 46.6 Å². The number of rotatable bonds is 5. The second-order valence-corrected chi connectivity index (χ2v) is 6.42. The van der Waals surface area contributed by atoms with Crippen molar-refractivity contribution < 1.29 is 4.39 Å². The van der Waals surface area contributed by atoms with Crippen molar-refractivity contribution in [3.63, 3.8) is 0 Å². The van der Waals surface area contributed by atoms with E-state index in [1.807, 2.05) is 25.1 Å². The van der Waals surface area contributed by atoms with E-state index in [9.17, 15) is 4.39 Å². The van der Waals surface area contributed by atoms with Crippen molar-refractivity contribution in [1.82, 2.24) is 5.32 Å². The lowest BCUT2D eigenvalue weighted by Gasteiger charge is -2.19. The van der Waals surface area contributed by atoms with Gasteiger partial charge in [-0.15, -0.1) is 0 Å². The van der Waals surface area contributed by atoms with Crippen LogP contribution in [0.25, 0.3) is 0 Å². The summed E-state index contributed by atoms with van der Waals surface area (Å²) in [6.07, 6.45) is 0.712. The van der Waals surface area contributed by atoms with E-state index in [4.69, 9.17) is 11.6 Å². The van der Waals surface area contributed by atoms with Gasteiger partial charge in [-0.3, -0.25) is 0 Å². The van der Waals surface area contributed by atoms with Gasteiger partial charge < -0.3 is 5.32 Å². The molecule has 1 atom stereocenters. The van der Waals surface area contributed by atoms with Gasteiger partial charge in [0.15, 0.2) is 0 Å². The Bertz CT molecular complexity index is 610. The zero-order chi connectivity index (χ0) is 15.4. The molecule has 0 fully saturated rings. The summed E-state index contributed by atoms with van der Waals surface area (Å²) in [6.45, 7) is 4.88. The molecule has 0 saturated heterocycles.